The first-order valence-corrected chi connectivity index (χ1v) is 13.1. The van der Waals surface area contributed by atoms with Gasteiger partial charge < -0.3 is 20.3 Å². The molecule has 3 aromatic rings. The summed E-state index contributed by atoms with van der Waals surface area (Å²) in [5.74, 6) is -8.84. The molecule has 0 aliphatic heterocycles. The number of hydrogen-bond donors (Lipinski definition) is 3. The molecule has 224 valence electrons. The zero-order chi connectivity index (χ0) is 31.5. The maximum atomic E-state index is 16.0. The molecule has 1 aromatic heterocycles. The molecule has 0 aliphatic carbocycles. The molecule has 0 radical (unpaired) electrons. The summed E-state index contributed by atoms with van der Waals surface area (Å²) in [5, 5.41) is 14.2. The molecular weight excluding hydrogens is 558 g/mol. The number of rotatable bonds is 10. The number of aliphatic carboxylic acids is 1. The number of nitrogens with zero attached hydrogens (tertiary/aromatic N) is 1. The van der Waals surface area contributed by atoms with E-state index in [1.165, 1.54) is 39.2 Å². The Kier molecular flexibility index (Phi) is 9.92. The minimum absolute atomic E-state index is 0.0118. The van der Waals surface area contributed by atoms with Crippen LogP contribution in [0.2, 0.25) is 0 Å². The van der Waals surface area contributed by atoms with Gasteiger partial charge in [0.25, 0.3) is 11.5 Å². The number of halogens is 4. The first-order valence-electron chi connectivity index (χ1n) is 13.1. The number of carboxylic acids is 1. The molecule has 0 unspecified atom stereocenters. The summed E-state index contributed by atoms with van der Waals surface area (Å²) in [5.41, 5.74) is -1.89. The van der Waals surface area contributed by atoms with Crippen molar-refractivity contribution in [3.05, 3.63) is 92.4 Å². The lowest BCUT2D eigenvalue weighted by atomic mass is 9.91. The number of aromatic nitrogens is 1. The van der Waals surface area contributed by atoms with Gasteiger partial charge in [0.2, 0.25) is 5.91 Å². The molecule has 0 fully saturated rings. The topological polar surface area (TPSA) is 118 Å². The number of aryl methyl sites for hydroxylation is 3. The minimum Gasteiger partial charge on any atom is -0.481 e. The zero-order valence-electron chi connectivity index (χ0n) is 23.6. The SMILES string of the molecule is Cc1cc(F)cc(C)c1-c1cc(F)c(F)c([C@H](CC(=O)O)NC(=O)[C@H](CC(C)C)NC(=O)c2cccn(C)c2=O)c1F. The van der Waals surface area contributed by atoms with E-state index in [0.29, 0.717) is 6.07 Å². The van der Waals surface area contributed by atoms with Gasteiger partial charge in [0.1, 0.15) is 23.2 Å². The maximum absolute atomic E-state index is 16.0. The Balaban J connectivity index is 2.07. The third kappa shape index (κ3) is 7.04. The highest BCUT2D eigenvalue weighted by atomic mass is 19.2. The van der Waals surface area contributed by atoms with E-state index in [-0.39, 0.29) is 34.6 Å². The van der Waals surface area contributed by atoms with Crippen LogP contribution in [-0.2, 0) is 16.6 Å². The fourth-order valence-corrected chi connectivity index (χ4v) is 4.83. The van der Waals surface area contributed by atoms with E-state index < -0.39 is 76.2 Å². The monoisotopic (exact) mass is 589 g/mol. The lowest BCUT2D eigenvalue weighted by Crippen LogP contribution is -2.49. The molecule has 2 amide bonds. The van der Waals surface area contributed by atoms with Crippen molar-refractivity contribution in [1.82, 2.24) is 15.2 Å². The van der Waals surface area contributed by atoms with Crippen LogP contribution in [-0.4, -0.2) is 33.5 Å². The van der Waals surface area contributed by atoms with Crippen molar-refractivity contribution in [2.45, 2.75) is 52.6 Å². The second-order valence-electron chi connectivity index (χ2n) is 10.5. The summed E-state index contributed by atoms with van der Waals surface area (Å²) >= 11 is 0. The second-order valence-corrected chi connectivity index (χ2v) is 10.5. The molecule has 12 heteroatoms. The Labute approximate surface area is 239 Å². The number of hydrogen-bond acceptors (Lipinski definition) is 4. The predicted molar refractivity (Wildman–Crippen MR) is 147 cm³/mol. The van der Waals surface area contributed by atoms with Crippen LogP contribution >= 0.6 is 0 Å². The summed E-state index contributed by atoms with van der Waals surface area (Å²) < 4.78 is 61.1. The van der Waals surface area contributed by atoms with Crippen LogP contribution in [0.3, 0.4) is 0 Å². The van der Waals surface area contributed by atoms with Gasteiger partial charge in [-0.15, -0.1) is 0 Å². The normalized spacial score (nSPS) is 12.6. The van der Waals surface area contributed by atoms with Gasteiger partial charge in [0, 0.05) is 18.8 Å². The average molecular weight is 590 g/mol. The van der Waals surface area contributed by atoms with Crippen molar-refractivity contribution in [2.75, 3.05) is 0 Å². The number of carbonyl (C=O) groups excluding carboxylic acids is 2. The highest BCUT2D eigenvalue weighted by molar-refractivity contribution is 5.97. The molecule has 2 atom stereocenters. The van der Waals surface area contributed by atoms with Crippen molar-refractivity contribution >= 4 is 17.8 Å². The van der Waals surface area contributed by atoms with E-state index >= 15 is 8.78 Å². The van der Waals surface area contributed by atoms with E-state index in [1.54, 1.807) is 13.8 Å². The number of benzene rings is 2. The second kappa shape index (κ2) is 13.0. The maximum Gasteiger partial charge on any atom is 0.305 e. The molecule has 3 N–H and O–H groups in total. The summed E-state index contributed by atoms with van der Waals surface area (Å²) in [4.78, 5) is 50.4. The van der Waals surface area contributed by atoms with Crippen molar-refractivity contribution in [2.24, 2.45) is 13.0 Å². The van der Waals surface area contributed by atoms with E-state index in [9.17, 15) is 33.1 Å². The highest BCUT2D eigenvalue weighted by Gasteiger charge is 2.33. The van der Waals surface area contributed by atoms with Gasteiger partial charge in [-0.1, -0.05) is 13.8 Å². The van der Waals surface area contributed by atoms with Gasteiger partial charge in [0.05, 0.1) is 18.0 Å². The molecule has 1 heterocycles. The van der Waals surface area contributed by atoms with Crippen molar-refractivity contribution in [3.63, 3.8) is 0 Å². The van der Waals surface area contributed by atoms with Crippen LogP contribution < -0.4 is 16.2 Å². The third-order valence-electron chi connectivity index (χ3n) is 6.70. The summed E-state index contributed by atoms with van der Waals surface area (Å²) in [6, 6.07) is 2.21. The van der Waals surface area contributed by atoms with Crippen molar-refractivity contribution in [1.29, 1.82) is 0 Å². The number of carbonyl (C=O) groups is 3. The molecule has 0 bridgehead atoms. The molecule has 2 aromatic carbocycles. The molecule has 0 saturated heterocycles. The molecule has 0 aliphatic rings. The molecular formula is C30H31F4N3O5. The molecule has 42 heavy (non-hydrogen) atoms. The Morgan fingerprint density at radius 1 is 0.976 bits per heavy atom. The highest BCUT2D eigenvalue weighted by Crippen LogP contribution is 2.36. The molecule has 0 saturated carbocycles. The van der Waals surface area contributed by atoms with E-state index in [4.69, 9.17) is 0 Å². The van der Waals surface area contributed by atoms with Crippen LogP contribution in [0.25, 0.3) is 11.1 Å². The van der Waals surface area contributed by atoms with Gasteiger partial charge in [0.15, 0.2) is 11.6 Å². The Morgan fingerprint density at radius 2 is 1.60 bits per heavy atom. The van der Waals surface area contributed by atoms with Gasteiger partial charge in [-0.3, -0.25) is 19.2 Å². The van der Waals surface area contributed by atoms with Gasteiger partial charge in [-0.05, 0) is 73.2 Å². The summed E-state index contributed by atoms with van der Waals surface area (Å²) in [7, 11) is 1.43. The Hall–Kier alpha value is -4.48. The molecule has 3 rings (SSSR count). The lowest BCUT2D eigenvalue weighted by molar-refractivity contribution is -0.138. The number of carboxylic acid groups (broad SMARTS) is 1. The van der Waals surface area contributed by atoms with Crippen LogP contribution in [0.15, 0.2) is 41.3 Å². The fourth-order valence-electron chi connectivity index (χ4n) is 4.83. The lowest BCUT2D eigenvalue weighted by Gasteiger charge is -2.25. The summed E-state index contributed by atoms with van der Waals surface area (Å²) in [6.07, 6.45) is 0.405. The molecule has 8 nitrogen and oxygen atoms in total. The standard InChI is InChI=1S/C30H31F4N3O5/c1-14(2)9-22(36-28(40)18-7-6-8-37(5)30(18)42)29(41)35-21(13-23(38)39)25-26(33)19(12-20(32)27(25)34)24-15(3)10-17(31)11-16(24)4/h6-8,10-12,14,21-22H,9,13H2,1-5H3,(H,35,41)(H,36,40)(H,38,39)/t21-,22-/m0/s1. The zero-order valence-corrected chi connectivity index (χ0v) is 23.6. The van der Waals surface area contributed by atoms with Crippen molar-refractivity contribution in [3.8, 4) is 11.1 Å². The summed E-state index contributed by atoms with van der Waals surface area (Å²) in [6.45, 7) is 6.35. The van der Waals surface area contributed by atoms with Crippen LogP contribution in [0, 0.1) is 43.0 Å². The number of amides is 2. The predicted octanol–water partition coefficient (Wildman–Crippen LogP) is 4.70. The van der Waals surface area contributed by atoms with Crippen LogP contribution in [0.1, 0.15) is 59.8 Å². The fraction of sp³-hybridized carbons (Fsp3) is 0.333. The van der Waals surface area contributed by atoms with Gasteiger partial charge in [-0.2, -0.15) is 0 Å². The van der Waals surface area contributed by atoms with E-state index in [1.807, 2.05) is 0 Å². The van der Waals surface area contributed by atoms with Crippen molar-refractivity contribution < 1.29 is 37.1 Å². The first-order chi connectivity index (χ1) is 19.6. The Bertz CT molecular complexity index is 1580. The smallest absolute Gasteiger partial charge is 0.305 e. The largest absolute Gasteiger partial charge is 0.481 e. The first kappa shape index (κ1) is 32.0. The quantitative estimate of drug-likeness (QED) is 0.234. The third-order valence-corrected chi connectivity index (χ3v) is 6.70. The number of nitrogens with one attached hydrogen (secondary N) is 2. The van der Waals surface area contributed by atoms with Gasteiger partial charge in [-0.25, -0.2) is 17.6 Å². The average Bonchev–Trinajstić information content (AvgIpc) is 2.87. The van der Waals surface area contributed by atoms with E-state index in [2.05, 4.69) is 10.6 Å². The Morgan fingerprint density at radius 3 is 2.17 bits per heavy atom. The van der Waals surface area contributed by atoms with Crippen LogP contribution in [0.5, 0.6) is 0 Å². The molecule has 0 spiro atoms. The minimum atomic E-state index is -1.90. The number of pyridine rings is 1. The van der Waals surface area contributed by atoms with Crippen LogP contribution in [0.4, 0.5) is 17.6 Å². The van der Waals surface area contributed by atoms with E-state index in [0.717, 1.165) is 16.7 Å². The van der Waals surface area contributed by atoms with Gasteiger partial charge >= 0.3 is 5.97 Å².